The molecule has 244 valence electrons. The molecular formula is C36H29Cl3N10. The lowest BCUT2D eigenvalue weighted by atomic mass is 10.2. The largest absolute Gasteiger partial charge is 0.399 e. The van der Waals surface area contributed by atoms with E-state index in [1.807, 2.05) is 85.5 Å². The Morgan fingerprint density at radius 3 is 1.49 bits per heavy atom. The van der Waals surface area contributed by atoms with Crippen LogP contribution in [0.15, 0.2) is 135 Å². The molecule has 0 aliphatic rings. The van der Waals surface area contributed by atoms with Gasteiger partial charge in [0.25, 0.3) is 0 Å². The number of anilines is 3. The van der Waals surface area contributed by atoms with E-state index >= 15 is 0 Å². The highest BCUT2D eigenvalue weighted by molar-refractivity contribution is 6.33. The third-order valence-corrected chi connectivity index (χ3v) is 7.82. The van der Waals surface area contributed by atoms with Crippen LogP contribution in [0.1, 0.15) is 11.1 Å². The number of nitrogen functional groups attached to an aromatic ring is 1. The minimum absolute atomic E-state index is 0.366. The molecule has 4 aromatic carbocycles. The summed E-state index contributed by atoms with van der Waals surface area (Å²) in [6.45, 7) is 1.60. The molecule has 4 heterocycles. The van der Waals surface area contributed by atoms with Crippen molar-refractivity contribution in [2.75, 3.05) is 11.1 Å². The fourth-order valence-corrected chi connectivity index (χ4v) is 5.34. The van der Waals surface area contributed by atoms with E-state index in [1.54, 1.807) is 6.07 Å². The number of hydrogen-bond acceptors (Lipinski definition) is 8. The van der Waals surface area contributed by atoms with E-state index in [9.17, 15) is 0 Å². The third-order valence-electron chi connectivity index (χ3n) is 7.20. The summed E-state index contributed by atoms with van der Waals surface area (Å²) < 4.78 is 4.28. The van der Waals surface area contributed by atoms with Crippen LogP contribution < -0.4 is 11.1 Å². The molecule has 13 heteroatoms. The number of fused-ring (bicyclic) bond motifs is 2. The summed E-state index contributed by atoms with van der Waals surface area (Å²) in [4.78, 5) is 24.0. The van der Waals surface area contributed by atoms with E-state index in [4.69, 9.17) is 40.5 Å². The number of nitrogens with one attached hydrogen (secondary N) is 1. The fourth-order valence-electron chi connectivity index (χ4n) is 4.84. The van der Waals surface area contributed by atoms with Gasteiger partial charge in [-0.05, 0) is 59.7 Å². The summed E-state index contributed by atoms with van der Waals surface area (Å²) in [5.74, 6) is 0.670. The van der Waals surface area contributed by atoms with Crippen LogP contribution in [0, 0.1) is 0 Å². The Labute approximate surface area is 297 Å². The van der Waals surface area contributed by atoms with E-state index in [0.29, 0.717) is 21.3 Å². The van der Waals surface area contributed by atoms with Crippen molar-refractivity contribution < 1.29 is 0 Å². The summed E-state index contributed by atoms with van der Waals surface area (Å²) in [5.41, 5.74) is 14.2. The lowest BCUT2D eigenvalue weighted by Crippen LogP contribution is -1.98. The number of halogens is 3. The Morgan fingerprint density at radius 1 is 0.531 bits per heavy atom. The summed E-state index contributed by atoms with van der Waals surface area (Å²) in [6, 6.07) is 35.6. The minimum Gasteiger partial charge on any atom is -0.399 e. The van der Waals surface area contributed by atoms with Crippen LogP contribution >= 0.6 is 34.8 Å². The molecule has 0 unspecified atom stereocenters. The molecule has 0 aliphatic carbocycles. The number of nitrogens with zero attached hydrogens (tertiary/aromatic N) is 8. The molecule has 8 aromatic rings. The predicted octanol–water partition coefficient (Wildman–Crippen LogP) is 8.72. The van der Waals surface area contributed by atoms with Gasteiger partial charge in [-0.3, -0.25) is 0 Å². The summed E-state index contributed by atoms with van der Waals surface area (Å²) in [5, 5.41) is 4.35. The van der Waals surface area contributed by atoms with Gasteiger partial charge in [0.15, 0.2) is 0 Å². The van der Waals surface area contributed by atoms with E-state index in [2.05, 4.69) is 68.6 Å². The van der Waals surface area contributed by atoms with Crippen LogP contribution in [-0.4, -0.2) is 39.0 Å². The Balaban J connectivity index is 0.000000144. The van der Waals surface area contributed by atoms with E-state index < -0.39 is 0 Å². The zero-order valence-electron chi connectivity index (χ0n) is 25.9. The minimum atomic E-state index is 0.366. The molecule has 0 spiro atoms. The number of hydrogen-bond donors (Lipinski definition) is 2. The van der Waals surface area contributed by atoms with Gasteiger partial charge in [0, 0.05) is 36.6 Å². The first-order valence-corrected chi connectivity index (χ1v) is 16.1. The second-order valence-electron chi connectivity index (χ2n) is 10.7. The highest BCUT2D eigenvalue weighted by atomic mass is 35.5. The number of nitrogens with two attached hydrogens (primary N) is 1. The molecule has 0 saturated heterocycles. The predicted molar refractivity (Wildman–Crippen MR) is 197 cm³/mol. The van der Waals surface area contributed by atoms with E-state index in [1.165, 1.54) is 29.8 Å². The summed E-state index contributed by atoms with van der Waals surface area (Å²) >= 11 is 16.7. The molecule has 10 nitrogen and oxygen atoms in total. The third kappa shape index (κ3) is 9.29. The molecule has 0 fully saturated rings. The molecule has 0 radical (unpaired) electrons. The van der Waals surface area contributed by atoms with Crippen molar-refractivity contribution in [3.8, 4) is 0 Å². The van der Waals surface area contributed by atoms with Crippen molar-refractivity contribution >= 4 is 74.1 Å². The standard InChI is InChI=1S/C18H14ClN5.C14H13N3.C4H2Cl2N2/c19-17-9-18(21-11-20-17)23-14-7-5-13(6-8-14)10-24-12-22-15-3-1-2-4-16(15)24;15-12-7-5-11(6-8-12)9-17-10-16-13-3-1-2-4-14(13)17;5-3-1-4(6)8-2-7-3/h1-9,11-12H,10H2,(H,20,21,23);1-8,10H,9,15H2;1-2H. The maximum atomic E-state index is 5.86. The Kier molecular flexibility index (Phi) is 10.9. The average molecular weight is 708 g/mol. The normalized spacial score (nSPS) is 10.6. The van der Waals surface area contributed by atoms with Gasteiger partial charge in [0.1, 0.15) is 33.9 Å². The molecule has 0 aliphatic heterocycles. The van der Waals surface area contributed by atoms with Crippen LogP contribution in [0.4, 0.5) is 17.2 Å². The topological polar surface area (TPSA) is 125 Å². The maximum absolute atomic E-state index is 5.86. The number of rotatable bonds is 6. The van der Waals surface area contributed by atoms with Gasteiger partial charge >= 0.3 is 0 Å². The van der Waals surface area contributed by atoms with Crippen molar-refractivity contribution in [1.82, 2.24) is 39.0 Å². The van der Waals surface area contributed by atoms with E-state index in [0.717, 1.165) is 46.5 Å². The molecule has 0 bridgehead atoms. The van der Waals surface area contributed by atoms with Crippen LogP contribution in [0.2, 0.25) is 15.5 Å². The van der Waals surface area contributed by atoms with Crippen molar-refractivity contribution in [3.05, 3.63) is 161 Å². The van der Waals surface area contributed by atoms with Gasteiger partial charge in [-0.1, -0.05) is 83.3 Å². The molecule has 4 aromatic heterocycles. The monoisotopic (exact) mass is 706 g/mol. The number of para-hydroxylation sites is 4. The highest BCUT2D eigenvalue weighted by Crippen LogP contribution is 2.19. The summed E-state index contributed by atoms with van der Waals surface area (Å²) in [6.07, 6.45) is 6.49. The van der Waals surface area contributed by atoms with Crippen LogP contribution in [0.3, 0.4) is 0 Å². The van der Waals surface area contributed by atoms with Gasteiger partial charge in [-0.2, -0.15) is 0 Å². The van der Waals surface area contributed by atoms with Gasteiger partial charge in [-0.15, -0.1) is 0 Å². The van der Waals surface area contributed by atoms with Crippen molar-refractivity contribution in [2.45, 2.75) is 13.1 Å². The second kappa shape index (κ2) is 16.0. The van der Waals surface area contributed by atoms with Crippen LogP contribution in [-0.2, 0) is 13.1 Å². The molecule has 49 heavy (non-hydrogen) atoms. The van der Waals surface area contributed by atoms with Crippen molar-refractivity contribution in [2.24, 2.45) is 0 Å². The number of imidazole rings is 2. The van der Waals surface area contributed by atoms with Gasteiger partial charge < -0.3 is 20.2 Å². The Bertz CT molecular complexity index is 2250. The van der Waals surface area contributed by atoms with Gasteiger partial charge in [-0.25, -0.2) is 29.9 Å². The first-order valence-electron chi connectivity index (χ1n) is 15.0. The molecule has 0 amide bonds. The van der Waals surface area contributed by atoms with Crippen molar-refractivity contribution in [1.29, 1.82) is 0 Å². The zero-order valence-corrected chi connectivity index (χ0v) is 28.2. The van der Waals surface area contributed by atoms with Crippen LogP contribution in [0.5, 0.6) is 0 Å². The Morgan fingerprint density at radius 2 is 1.00 bits per heavy atom. The molecule has 0 saturated carbocycles. The fraction of sp³-hybridized carbons (Fsp3) is 0.0556. The smallest absolute Gasteiger partial charge is 0.135 e. The highest BCUT2D eigenvalue weighted by Gasteiger charge is 2.04. The first-order chi connectivity index (χ1) is 23.9. The molecule has 3 N–H and O–H groups in total. The van der Waals surface area contributed by atoms with E-state index in [-0.39, 0.29) is 0 Å². The number of benzene rings is 4. The number of aromatic nitrogens is 8. The quantitative estimate of drug-likeness (QED) is 0.130. The molecular weight excluding hydrogens is 679 g/mol. The van der Waals surface area contributed by atoms with Crippen molar-refractivity contribution in [3.63, 3.8) is 0 Å². The lowest BCUT2D eigenvalue weighted by Gasteiger charge is -2.08. The molecule has 0 atom stereocenters. The second-order valence-corrected chi connectivity index (χ2v) is 11.8. The zero-order chi connectivity index (χ0) is 34.0. The Hall–Kier alpha value is -5.55. The summed E-state index contributed by atoms with van der Waals surface area (Å²) in [7, 11) is 0. The maximum Gasteiger partial charge on any atom is 0.135 e. The molecule has 8 rings (SSSR count). The van der Waals surface area contributed by atoms with Crippen LogP contribution in [0.25, 0.3) is 22.1 Å². The lowest BCUT2D eigenvalue weighted by molar-refractivity contribution is 0.824. The van der Waals surface area contributed by atoms with Gasteiger partial charge in [0.2, 0.25) is 0 Å². The average Bonchev–Trinajstić information content (AvgIpc) is 3.71. The first kappa shape index (κ1) is 33.4. The van der Waals surface area contributed by atoms with Gasteiger partial charge in [0.05, 0.1) is 34.7 Å². The SMILES string of the molecule is Clc1cc(Cl)ncn1.Clc1cc(Nc2ccc(Cn3cnc4ccccc43)cc2)ncn1.Nc1ccc(Cn2cnc3ccccc32)cc1.